The Kier molecular flexibility index (Phi) is 7.29. The molecule has 0 aliphatic heterocycles. The van der Waals surface area contributed by atoms with Gasteiger partial charge in [0.25, 0.3) is 0 Å². The molecule has 0 spiro atoms. The first kappa shape index (κ1) is 12.9. The summed E-state index contributed by atoms with van der Waals surface area (Å²) in [4.78, 5) is 2.37. The monoisotopic (exact) mass is 186 g/mol. The molecule has 0 aromatic carbocycles. The van der Waals surface area contributed by atoms with Gasteiger partial charge in [-0.05, 0) is 33.7 Å². The van der Waals surface area contributed by atoms with E-state index in [4.69, 9.17) is 0 Å². The Balaban J connectivity index is 3.43. The van der Waals surface area contributed by atoms with Crippen molar-refractivity contribution in [1.82, 2.24) is 10.2 Å². The van der Waals surface area contributed by atoms with Crippen molar-refractivity contribution in [3.63, 3.8) is 0 Å². The van der Waals surface area contributed by atoms with Crippen LogP contribution in [0.25, 0.3) is 0 Å². The lowest BCUT2D eigenvalue weighted by Gasteiger charge is -2.22. The molecule has 0 saturated carbocycles. The lowest BCUT2D eigenvalue weighted by molar-refractivity contribution is 0.267. The van der Waals surface area contributed by atoms with Crippen molar-refractivity contribution < 1.29 is 0 Å². The average molecular weight is 186 g/mol. The van der Waals surface area contributed by atoms with Gasteiger partial charge in [0, 0.05) is 25.2 Å². The van der Waals surface area contributed by atoms with Gasteiger partial charge in [0.05, 0.1) is 0 Å². The molecule has 0 aliphatic carbocycles. The molecule has 0 heterocycles. The van der Waals surface area contributed by atoms with Crippen LogP contribution in [-0.4, -0.2) is 37.1 Å². The summed E-state index contributed by atoms with van der Waals surface area (Å²) in [5.74, 6) is 0. The molecule has 0 saturated heterocycles. The predicted octanol–water partition coefficient (Wildman–Crippen LogP) is 2.10. The Morgan fingerprint density at radius 2 is 1.69 bits per heavy atom. The maximum Gasteiger partial charge on any atom is 0.0107 e. The maximum absolute atomic E-state index is 3.56. The first-order valence-electron chi connectivity index (χ1n) is 5.55. The van der Waals surface area contributed by atoms with Crippen molar-refractivity contribution in [2.45, 2.75) is 52.6 Å². The quantitative estimate of drug-likeness (QED) is 0.655. The highest BCUT2D eigenvalue weighted by Gasteiger charge is 2.04. The Bertz CT molecular complexity index is 107. The molecule has 0 rings (SSSR count). The van der Waals surface area contributed by atoms with Gasteiger partial charge >= 0.3 is 0 Å². The molecule has 0 aromatic heterocycles. The van der Waals surface area contributed by atoms with E-state index in [9.17, 15) is 0 Å². The number of likely N-dealkylation sites (N-methyl/N-ethyl adjacent to an activating group) is 1. The minimum absolute atomic E-state index is 0.656. The summed E-state index contributed by atoms with van der Waals surface area (Å²) in [5.41, 5.74) is 0. The highest BCUT2D eigenvalue weighted by atomic mass is 15.1. The normalized spacial score (nSPS) is 12.0. The van der Waals surface area contributed by atoms with Gasteiger partial charge < -0.3 is 10.2 Å². The minimum atomic E-state index is 0.656. The molecule has 80 valence electrons. The molecule has 0 radical (unpaired) electrons. The van der Waals surface area contributed by atoms with Gasteiger partial charge in [-0.1, -0.05) is 13.8 Å². The van der Waals surface area contributed by atoms with Gasteiger partial charge in [0.1, 0.15) is 0 Å². The standard InChI is InChI=1S/C11H26N2/c1-6-11(7-2)12-8-9-13(5)10(3)4/h10-12H,6-9H2,1-5H3. The molecule has 2 heteroatoms. The van der Waals surface area contributed by atoms with Gasteiger partial charge in [-0.3, -0.25) is 0 Å². The summed E-state index contributed by atoms with van der Waals surface area (Å²) < 4.78 is 0. The molecular weight excluding hydrogens is 160 g/mol. The fourth-order valence-electron chi connectivity index (χ4n) is 1.28. The number of rotatable bonds is 7. The van der Waals surface area contributed by atoms with Crippen LogP contribution in [0.15, 0.2) is 0 Å². The van der Waals surface area contributed by atoms with E-state index in [1.807, 2.05) is 0 Å². The van der Waals surface area contributed by atoms with Gasteiger partial charge in [-0.2, -0.15) is 0 Å². The Morgan fingerprint density at radius 1 is 1.15 bits per heavy atom. The van der Waals surface area contributed by atoms with Crippen LogP contribution in [0, 0.1) is 0 Å². The molecule has 0 unspecified atom stereocenters. The van der Waals surface area contributed by atoms with E-state index in [-0.39, 0.29) is 0 Å². The third-order valence-electron chi connectivity index (χ3n) is 2.76. The van der Waals surface area contributed by atoms with Crippen LogP contribution in [0.2, 0.25) is 0 Å². The first-order valence-corrected chi connectivity index (χ1v) is 5.55. The van der Waals surface area contributed by atoms with Gasteiger partial charge in [-0.15, -0.1) is 0 Å². The zero-order valence-corrected chi connectivity index (χ0v) is 9.93. The predicted molar refractivity (Wildman–Crippen MR) is 60.1 cm³/mol. The van der Waals surface area contributed by atoms with Crippen molar-refractivity contribution in [2.24, 2.45) is 0 Å². The second kappa shape index (κ2) is 7.34. The molecule has 0 amide bonds. The first-order chi connectivity index (χ1) is 6.11. The van der Waals surface area contributed by atoms with Gasteiger partial charge in [0.2, 0.25) is 0 Å². The fourth-order valence-corrected chi connectivity index (χ4v) is 1.28. The van der Waals surface area contributed by atoms with E-state index in [0.29, 0.717) is 12.1 Å². The molecule has 0 fully saturated rings. The summed E-state index contributed by atoms with van der Waals surface area (Å²) in [5, 5.41) is 3.56. The van der Waals surface area contributed by atoms with Crippen molar-refractivity contribution in [2.75, 3.05) is 20.1 Å². The van der Waals surface area contributed by atoms with Crippen LogP contribution in [0.4, 0.5) is 0 Å². The van der Waals surface area contributed by atoms with Crippen LogP contribution in [0.5, 0.6) is 0 Å². The maximum atomic E-state index is 3.56. The Hall–Kier alpha value is -0.0800. The minimum Gasteiger partial charge on any atom is -0.313 e. The number of nitrogens with zero attached hydrogens (tertiary/aromatic N) is 1. The molecule has 2 nitrogen and oxygen atoms in total. The van der Waals surface area contributed by atoms with Crippen molar-refractivity contribution in [3.05, 3.63) is 0 Å². The topological polar surface area (TPSA) is 15.3 Å². The second-order valence-electron chi connectivity index (χ2n) is 4.04. The van der Waals surface area contributed by atoms with Crippen molar-refractivity contribution >= 4 is 0 Å². The molecule has 13 heavy (non-hydrogen) atoms. The molecular formula is C11H26N2. The summed E-state index contributed by atoms with van der Waals surface area (Å²) in [6, 6.07) is 1.36. The fraction of sp³-hybridized carbons (Fsp3) is 1.00. The zero-order chi connectivity index (χ0) is 10.3. The highest BCUT2D eigenvalue weighted by molar-refractivity contribution is 4.65. The largest absolute Gasteiger partial charge is 0.313 e. The van der Waals surface area contributed by atoms with Crippen LogP contribution in [0.1, 0.15) is 40.5 Å². The second-order valence-corrected chi connectivity index (χ2v) is 4.04. The highest BCUT2D eigenvalue weighted by Crippen LogP contribution is 1.96. The summed E-state index contributed by atoms with van der Waals surface area (Å²) in [6.07, 6.45) is 2.48. The molecule has 0 bridgehead atoms. The molecule has 0 aliphatic rings. The lowest BCUT2D eigenvalue weighted by Crippen LogP contribution is -2.37. The third-order valence-corrected chi connectivity index (χ3v) is 2.76. The van der Waals surface area contributed by atoms with E-state index in [2.05, 4.69) is 45.0 Å². The van der Waals surface area contributed by atoms with E-state index in [0.717, 1.165) is 13.1 Å². The van der Waals surface area contributed by atoms with E-state index in [1.165, 1.54) is 12.8 Å². The van der Waals surface area contributed by atoms with Gasteiger partial charge in [0.15, 0.2) is 0 Å². The summed E-state index contributed by atoms with van der Waals surface area (Å²) >= 11 is 0. The third kappa shape index (κ3) is 6.05. The molecule has 0 aromatic rings. The lowest BCUT2D eigenvalue weighted by atomic mass is 10.2. The Labute approximate surface area is 83.7 Å². The van der Waals surface area contributed by atoms with Crippen molar-refractivity contribution in [1.29, 1.82) is 0 Å². The smallest absolute Gasteiger partial charge is 0.0107 e. The van der Waals surface area contributed by atoms with E-state index in [1.54, 1.807) is 0 Å². The molecule has 0 atom stereocenters. The van der Waals surface area contributed by atoms with Crippen LogP contribution in [0.3, 0.4) is 0 Å². The SMILES string of the molecule is CCC(CC)NCCN(C)C(C)C. The zero-order valence-electron chi connectivity index (χ0n) is 9.93. The van der Waals surface area contributed by atoms with Crippen LogP contribution >= 0.6 is 0 Å². The average Bonchev–Trinajstić information content (AvgIpc) is 2.12. The Morgan fingerprint density at radius 3 is 2.08 bits per heavy atom. The van der Waals surface area contributed by atoms with Crippen LogP contribution < -0.4 is 5.32 Å². The summed E-state index contributed by atoms with van der Waals surface area (Å²) in [6.45, 7) is 11.2. The van der Waals surface area contributed by atoms with E-state index >= 15 is 0 Å². The van der Waals surface area contributed by atoms with Crippen molar-refractivity contribution in [3.8, 4) is 0 Å². The number of hydrogen-bond acceptors (Lipinski definition) is 2. The van der Waals surface area contributed by atoms with E-state index < -0.39 is 0 Å². The number of nitrogens with one attached hydrogen (secondary N) is 1. The molecule has 1 N–H and O–H groups in total. The summed E-state index contributed by atoms with van der Waals surface area (Å²) in [7, 11) is 2.18. The number of hydrogen-bond donors (Lipinski definition) is 1. The van der Waals surface area contributed by atoms with Crippen LogP contribution in [-0.2, 0) is 0 Å². The van der Waals surface area contributed by atoms with Gasteiger partial charge in [-0.25, -0.2) is 0 Å².